The molecule has 0 heterocycles. The molecule has 3 aromatic rings. The predicted molar refractivity (Wildman–Crippen MR) is 124 cm³/mol. The van der Waals surface area contributed by atoms with Crippen molar-refractivity contribution in [3.8, 4) is 5.75 Å². The molecule has 0 aromatic heterocycles. The number of anilines is 2. The Hall–Kier alpha value is -3.03. The number of carbonyl (C=O) groups excluding carboxylic acids is 1. The van der Waals surface area contributed by atoms with E-state index in [2.05, 4.69) is 10.0 Å². The Kier molecular flexibility index (Phi) is 6.87. The van der Waals surface area contributed by atoms with Crippen LogP contribution in [0.3, 0.4) is 0 Å². The number of ether oxygens (including phenoxy) is 1. The third-order valence-corrected chi connectivity index (χ3v) is 6.39. The van der Waals surface area contributed by atoms with Gasteiger partial charge in [0, 0.05) is 11.3 Å². The fourth-order valence-electron chi connectivity index (χ4n) is 2.90. The molecule has 8 heteroatoms. The molecule has 0 spiro atoms. The normalized spacial score (nSPS) is 11.1. The van der Waals surface area contributed by atoms with Crippen molar-refractivity contribution >= 4 is 38.9 Å². The second-order valence-electron chi connectivity index (χ2n) is 6.98. The zero-order valence-electron chi connectivity index (χ0n) is 17.4. The topological polar surface area (TPSA) is 84.5 Å². The van der Waals surface area contributed by atoms with Crippen molar-refractivity contribution in [1.29, 1.82) is 0 Å². The highest BCUT2D eigenvalue weighted by atomic mass is 35.5. The van der Waals surface area contributed by atoms with E-state index in [4.69, 9.17) is 16.3 Å². The van der Waals surface area contributed by atoms with Crippen molar-refractivity contribution in [2.24, 2.45) is 0 Å². The summed E-state index contributed by atoms with van der Waals surface area (Å²) in [4.78, 5) is 12.5. The highest BCUT2D eigenvalue weighted by Gasteiger charge is 2.21. The molecule has 0 bridgehead atoms. The van der Waals surface area contributed by atoms with Gasteiger partial charge in [0.2, 0.25) is 0 Å². The summed E-state index contributed by atoms with van der Waals surface area (Å²) in [5.74, 6) is 0.238. The summed E-state index contributed by atoms with van der Waals surface area (Å²) < 4.78 is 33.9. The molecule has 0 fully saturated rings. The Morgan fingerprint density at radius 3 is 2.39 bits per heavy atom. The molecule has 3 aromatic carbocycles. The fourth-order valence-corrected chi connectivity index (χ4v) is 4.55. The number of aryl methyl sites for hydroxylation is 2. The first-order valence-corrected chi connectivity index (χ1v) is 11.5. The Labute approximate surface area is 187 Å². The van der Waals surface area contributed by atoms with E-state index in [9.17, 15) is 13.2 Å². The van der Waals surface area contributed by atoms with E-state index in [1.807, 2.05) is 26.0 Å². The number of halogens is 1. The molecule has 3 rings (SSSR count). The zero-order valence-corrected chi connectivity index (χ0v) is 19.0. The lowest BCUT2D eigenvalue weighted by molar-refractivity contribution is 0.102. The maximum atomic E-state index is 13.0. The van der Waals surface area contributed by atoms with Crippen LogP contribution in [0.25, 0.3) is 0 Å². The highest BCUT2D eigenvalue weighted by Crippen LogP contribution is 2.27. The number of hydrogen-bond donors (Lipinski definition) is 2. The third kappa shape index (κ3) is 5.57. The first-order chi connectivity index (χ1) is 14.7. The van der Waals surface area contributed by atoms with Crippen molar-refractivity contribution in [3.63, 3.8) is 0 Å². The molecular formula is C23H23ClN2O4S. The zero-order chi connectivity index (χ0) is 22.6. The van der Waals surface area contributed by atoms with Gasteiger partial charge in [0.15, 0.2) is 0 Å². The van der Waals surface area contributed by atoms with Crippen LogP contribution in [0, 0.1) is 13.8 Å². The van der Waals surface area contributed by atoms with Crippen LogP contribution >= 0.6 is 11.6 Å². The molecule has 6 nitrogen and oxygen atoms in total. The van der Waals surface area contributed by atoms with Crippen LogP contribution in [0.1, 0.15) is 28.4 Å². The van der Waals surface area contributed by atoms with Crippen LogP contribution in [0.4, 0.5) is 11.4 Å². The number of sulfonamides is 1. The maximum Gasteiger partial charge on any atom is 0.263 e. The van der Waals surface area contributed by atoms with Crippen LogP contribution in [0.15, 0.2) is 65.6 Å². The van der Waals surface area contributed by atoms with E-state index in [1.54, 1.807) is 37.3 Å². The maximum absolute atomic E-state index is 13.0. The SMILES string of the molecule is CCOc1ccc(NC(=O)c2ccc(Cl)c(S(=O)(=O)Nc3cc(C)ccc3C)c2)cc1. The van der Waals surface area contributed by atoms with Gasteiger partial charge in [-0.1, -0.05) is 23.7 Å². The van der Waals surface area contributed by atoms with E-state index >= 15 is 0 Å². The molecule has 0 aliphatic carbocycles. The van der Waals surface area contributed by atoms with Gasteiger partial charge in [-0.15, -0.1) is 0 Å². The van der Waals surface area contributed by atoms with Crippen LogP contribution in [0.2, 0.25) is 5.02 Å². The molecule has 0 aliphatic rings. The standard InChI is InChI=1S/C23H23ClN2O4S/c1-4-30-19-10-8-18(9-11-19)25-23(27)17-7-12-20(24)22(14-17)31(28,29)26-21-13-15(2)5-6-16(21)3/h5-14,26H,4H2,1-3H3,(H,25,27). The molecule has 0 atom stereocenters. The van der Waals surface area contributed by atoms with Crippen LogP contribution in [0.5, 0.6) is 5.75 Å². The van der Waals surface area contributed by atoms with E-state index in [0.717, 1.165) is 11.1 Å². The monoisotopic (exact) mass is 458 g/mol. The van der Waals surface area contributed by atoms with Crippen molar-refractivity contribution in [2.45, 2.75) is 25.7 Å². The molecule has 31 heavy (non-hydrogen) atoms. The van der Waals surface area contributed by atoms with Crippen LogP contribution in [-0.4, -0.2) is 20.9 Å². The van der Waals surface area contributed by atoms with Gasteiger partial charge in [0.25, 0.3) is 15.9 Å². The minimum absolute atomic E-state index is 0.0235. The summed E-state index contributed by atoms with van der Waals surface area (Å²) in [7, 11) is -4.00. The first kappa shape index (κ1) is 22.7. The average molecular weight is 459 g/mol. The lowest BCUT2D eigenvalue weighted by Crippen LogP contribution is -2.17. The Morgan fingerprint density at radius 1 is 1.00 bits per heavy atom. The summed E-state index contributed by atoms with van der Waals surface area (Å²) in [6.45, 7) is 6.11. The molecule has 0 unspecified atom stereocenters. The molecule has 162 valence electrons. The third-order valence-electron chi connectivity index (χ3n) is 4.54. The Balaban J connectivity index is 1.84. The number of amides is 1. The van der Waals surface area contributed by atoms with Gasteiger partial charge in [0.1, 0.15) is 10.6 Å². The minimum atomic E-state index is -4.00. The smallest absolute Gasteiger partial charge is 0.263 e. The van der Waals surface area contributed by atoms with Gasteiger partial charge in [-0.3, -0.25) is 9.52 Å². The second-order valence-corrected chi connectivity index (χ2v) is 9.04. The fraction of sp³-hybridized carbons (Fsp3) is 0.174. The molecule has 0 aliphatic heterocycles. The van der Waals surface area contributed by atoms with Gasteiger partial charge in [-0.05, 0) is 80.4 Å². The molecule has 0 saturated carbocycles. The lowest BCUT2D eigenvalue weighted by Gasteiger charge is -2.13. The van der Waals surface area contributed by atoms with E-state index in [1.165, 1.54) is 18.2 Å². The van der Waals surface area contributed by atoms with Gasteiger partial charge >= 0.3 is 0 Å². The highest BCUT2D eigenvalue weighted by molar-refractivity contribution is 7.92. The molecular weight excluding hydrogens is 436 g/mol. The number of nitrogens with one attached hydrogen (secondary N) is 2. The molecule has 2 N–H and O–H groups in total. The first-order valence-electron chi connectivity index (χ1n) is 9.63. The van der Waals surface area contributed by atoms with Gasteiger partial charge in [-0.2, -0.15) is 0 Å². The van der Waals surface area contributed by atoms with Crippen molar-refractivity contribution in [2.75, 3.05) is 16.6 Å². The summed E-state index contributed by atoms with van der Waals surface area (Å²) in [6, 6.07) is 16.5. The molecule has 1 amide bonds. The van der Waals surface area contributed by atoms with Gasteiger partial charge < -0.3 is 10.1 Å². The largest absolute Gasteiger partial charge is 0.494 e. The Bertz CT molecular complexity index is 1210. The minimum Gasteiger partial charge on any atom is -0.494 e. The summed E-state index contributed by atoms with van der Waals surface area (Å²) in [6.07, 6.45) is 0. The van der Waals surface area contributed by atoms with E-state index in [-0.39, 0.29) is 15.5 Å². The predicted octanol–water partition coefficient (Wildman–Crippen LogP) is 5.41. The number of hydrogen-bond acceptors (Lipinski definition) is 4. The quantitative estimate of drug-likeness (QED) is 0.495. The van der Waals surface area contributed by atoms with Crippen molar-refractivity contribution in [1.82, 2.24) is 0 Å². The average Bonchev–Trinajstić information content (AvgIpc) is 2.72. The van der Waals surface area contributed by atoms with E-state index < -0.39 is 15.9 Å². The van der Waals surface area contributed by atoms with Crippen LogP contribution in [-0.2, 0) is 10.0 Å². The summed E-state index contributed by atoms with van der Waals surface area (Å²) in [5.41, 5.74) is 2.87. The molecule has 0 saturated heterocycles. The second kappa shape index (κ2) is 9.41. The number of carbonyl (C=O) groups is 1. The van der Waals surface area contributed by atoms with Crippen molar-refractivity contribution < 1.29 is 17.9 Å². The van der Waals surface area contributed by atoms with Crippen LogP contribution < -0.4 is 14.8 Å². The number of benzene rings is 3. The summed E-state index contributed by atoms with van der Waals surface area (Å²) >= 11 is 6.17. The molecule has 0 radical (unpaired) electrons. The van der Waals surface area contributed by atoms with E-state index in [0.29, 0.717) is 23.7 Å². The number of rotatable bonds is 7. The van der Waals surface area contributed by atoms with Crippen molar-refractivity contribution in [3.05, 3.63) is 82.4 Å². The Morgan fingerprint density at radius 2 is 1.71 bits per heavy atom. The summed E-state index contributed by atoms with van der Waals surface area (Å²) in [5, 5.41) is 2.76. The van der Waals surface area contributed by atoms with Gasteiger partial charge in [0.05, 0.1) is 17.3 Å². The lowest BCUT2D eigenvalue weighted by atomic mass is 10.1. The van der Waals surface area contributed by atoms with Gasteiger partial charge in [-0.25, -0.2) is 8.42 Å².